The Hall–Kier alpha value is -1.88. The fourth-order valence-corrected chi connectivity index (χ4v) is 2.34. The first-order valence-electron chi connectivity index (χ1n) is 7.13. The number of benzene rings is 1. The molecule has 0 spiro atoms. The molecule has 0 saturated carbocycles. The molecule has 5 heteroatoms. The lowest BCUT2D eigenvalue weighted by atomic mass is 9.98. The Morgan fingerprint density at radius 3 is 2.67 bits per heavy atom. The highest BCUT2D eigenvalue weighted by atomic mass is 19.1. The van der Waals surface area contributed by atoms with Gasteiger partial charge in [0.2, 0.25) is 0 Å². The summed E-state index contributed by atoms with van der Waals surface area (Å²) in [5, 5.41) is 7.66. The van der Waals surface area contributed by atoms with Crippen molar-refractivity contribution in [2.24, 2.45) is 7.05 Å². The van der Waals surface area contributed by atoms with E-state index in [1.165, 1.54) is 13.2 Å². The van der Waals surface area contributed by atoms with Crippen molar-refractivity contribution in [3.05, 3.63) is 47.0 Å². The van der Waals surface area contributed by atoms with Crippen LogP contribution in [0.25, 0.3) is 0 Å². The van der Waals surface area contributed by atoms with Crippen molar-refractivity contribution in [2.45, 2.75) is 26.3 Å². The minimum Gasteiger partial charge on any atom is -0.497 e. The topological polar surface area (TPSA) is 39.1 Å². The number of halogens is 1. The quantitative estimate of drug-likeness (QED) is 0.889. The molecule has 0 fully saturated rings. The van der Waals surface area contributed by atoms with E-state index < -0.39 is 0 Å². The van der Waals surface area contributed by atoms with Gasteiger partial charge >= 0.3 is 0 Å². The summed E-state index contributed by atoms with van der Waals surface area (Å²) in [5.41, 5.74) is 2.63. The molecule has 0 amide bonds. The van der Waals surface area contributed by atoms with Crippen LogP contribution in [-0.4, -0.2) is 23.4 Å². The Balaban J connectivity index is 2.43. The summed E-state index contributed by atoms with van der Waals surface area (Å²) in [6.45, 7) is 4.89. The lowest BCUT2D eigenvalue weighted by Gasteiger charge is -2.20. The van der Waals surface area contributed by atoms with Crippen molar-refractivity contribution in [3.8, 4) is 5.75 Å². The van der Waals surface area contributed by atoms with E-state index in [0.29, 0.717) is 11.3 Å². The molecule has 1 heterocycles. The molecule has 1 unspecified atom stereocenters. The summed E-state index contributed by atoms with van der Waals surface area (Å²) >= 11 is 0. The smallest absolute Gasteiger partial charge is 0.132 e. The van der Waals surface area contributed by atoms with Crippen LogP contribution in [0.15, 0.2) is 24.4 Å². The van der Waals surface area contributed by atoms with Crippen LogP contribution in [0.3, 0.4) is 0 Å². The van der Waals surface area contributed by atoms with Crippen molar-refractivity contribution in [1.82, 2.24) is 15.1 Å². The molecule has 0 radical (unpaired) electrons. The van der Waals surface area contributed by atoms with Gasteiger partial charge in [0.15, 0.2) is 0 Å². The van der Waals surface area contributed by atoms with Gasteiger partial charge in [0.25, 0.3) is 0 Å². The highest BCUT2D eigenvalue weighted by Crippen LogP contribution is 2.28. The molecule has 0 aliphatic rings. The number of nitrogens with zero attached hydrogens (tertiary/aromatic N) is 2. The van der Waals surface area contributed by atoms with Gasteiger partial charge < -0.3 is 10.1 Å². The van der Waals surface area contributed by atoms with Crippen molar-refractivity contribution < 1.29 is 9.13 Å². The average molecular weight is 291 g/mol. The number of rotatable bonds is 6. The van der Waals surface area contributed by atoms with Crippen LogP contribution in [0, 0.1) is 12.7 Å². The summed E-state index contributed by atoms with van der Waals surface area (Å²) < 4.78 is 21.3. The SMILES string of the molecule is CCCNC(c1ccc(OC)cc1F)c1cnn(C)c1C. The molecule has 1 N–H and O–H groups in total. The monoisotopic (exact) mass is 291 g/mol. The van der Waals surface area contributed by atoms with Crippen LogP contribution in [-0.2, 0) is 7.05 Å². The first kappa shape index (κ1) is 15.5. The molecule has 2 rings (SSSR count). The lowest BCUT2D eigenvalue weighted by molar-refractivity contribution is 0.410. The van der Waals surface area contributed by atoms with E-state index in [1.807, 2.05) is 14.0 Å². The van der Waals surface area contributed by atoms with Crippen molar-refractivity contribution >= 4 is 0 Å². The van der Waals surface area contributed by atoms with E-state index in [4.69, 9.17) is 4.74 Å². The zero-order valence-electron chi connectivity index (χ0n) is 13.0. The van der Waals surface area contributed by atoms with Gasteiger partial charge in [0.1, 0.15) is 11.6 Å². The fraction of sp³-hybridized carbons (Fsp3) is 0.438. The van der Waals surface area contributed by atoms with Gasteiger partial charge in [-0.2, -0.15) is 5.10 Å². The van der Waals surface area contributed by atoms with Crippen LogP contribution < -0.4 is 10.1 Å². The fourth-order valence-electron chi connectivity index (χ4n) is 2.34. The molecular formula is C16H22FN3O. The summed E-state index contributed by atoms with van der Waals surface area (Å²) in [6.07, 6.45) is 2.78. The number of nitrogens with one attached hydrogen (secondary N) is 1. The van der Waals surface area contributed by atoms with E-state index in [2.05, 4.69) is 17.3 Å². The molecule has 114 valence electrons. The van der Waals surface area contributed by atoms with Crippen LogP contribution in [0.2, 0.25) is 0 Å². The van der Waals surface area contributed by atoms with Gasteiger partial charge in [0.05, 0.1) is 19.3 Å². The summed E-state index contributed by atoms with van der Waals surface area (Å²) in [6, 6.07) is 4.77. The van der Waals surface area contributed by atoms with Gasteiger partial charge in [0, 0.05) is 29.9 Å². The second-order valence-corrected chi connectivity index (χ2v) is 5.08. The van der Waals surface area contributed by atoms with Gasteiger partial charge in [-0.05, 0) is 26.0 Å². The second-order valence-electron chi connectivity index (χ2n) is 5.08. The molecule has 2 aromatic rings. The first-order chi connectivity index (χ1) is 10.1. The standard InChI is InChI=1S/C16H22FN3O/c1-5-8-18-16(14-10-19-20(3)11(14)2)13-7-6-12(21-4)9-15(13)17/h6-7,9-10,16,18H,5,8H2,1-4H3. The molecular weight excluding hydrogens is 269 g/mol. The number of aromatic nitrogens is 2. The minimum absolute atomic E-state index is 0.204. The number of methoxy groups -OCH3 is 1. The van der Waals surface area contributed by atoms with Gasteiger partial charge in [-0.1, -0.05) is 13.0 Å². The lowest BCUT2D eigenvalue weighted by Crippen LogP contribution is -2.24. The largest absolute Gasteiger partial charge is 0.497 e. The molecule has 1 aromatic carbocycles. The summed E-state index contributed by atoms with van der Waals surface area (Å²) in [5.74, 6) is 0.250. The molecule has 0 aliphatic carbocycles. The third-order valence-electron chi connectivity index (χ3n) is 3.70. The Morgan fingerprint density at radius 1 is 1.38 bits per heavy atom. The maximum atomic E-state index is 14.4. The maximum Gasteiger partial charge on any atom is 0.132 e. The Morgan fingerprint density at radius 2 is 2.14 bits per heavy atom. The highest BCUT2D eigenvalue weighted by molar-refractivity contribution is 5.37. The number of hydrogen-bond acceptors (Lipinski definition) is 3. The van der Waals surface area contributed by atoms with Crippen LogP contribution in [0.5, 0.6) is 5.75 Å². The normalized spacial score (nSPS) is 12.4. The molecule has 0 saturated heterocycles. The third kappa shape index (κ3) is 3.24. The van der Waals surface area contributed by atoms with Gasteiger partial charge in [-0.3, -0.25) is 4.68 Å². The zero-order chi connectivity index (χ0) is 15.4. The number of hydrogen-bond donors (Lipinski definition) is 1. The zero-order valence-corrected chi connectivity index (χ0v) is 13.0. The van der Waals surface area contributed by atoms with E-state index in [0.717, 1.165) is 24.2 Å². The number of aryl methyl sites for hydroxylation is 1. The predicted molar refractivity (Wildman–Crippen MR) is 81.0 cm³/mol. The Bertz CT molecular complexity index is 610. The van der Waals surface area contributed by atoms with E-state index in [1.54, 1.807) is 23.0 Å². The van der Waals surface area contributed by atoms with Crippen molar-refractivity contribution in [3.63, 3.8) is 0 Å². The molecule has 0 bridgehead atoms. The van der Waals surface area contributed by atoms with Crippen molar-refractivity contribution in [1.29, 1.82) is 0 Å². The Kier molecular flexibility index (Phi) is 4.96. The number of ether oxygens (including phenoxy) is 1. The maximum absolute atomic E-state index is 14.4. The minimum atomic E-state index is -0.272. The Labute approximate surface area is 124 Å². The molecule has 4 nitrogen and oxygen atoms in total. The molecule has 21 heavy (non-hydrogen) atoms. The van der Waals surface area contributed by atoms with Crippen LogP contribution in [0.4, 0.5) is 4.39 Å². The molecule has 1 atom stereocenters. The second kappa shape index (κ2) is 6.72. The van der Waals surface area contributed by atoms with Crippen LogP contribution in [0.1, 0.15) is 36.2 Å². The van der Waals surface area contributed by atoms with E-state index in [-0.39, 0.29) is 11.9 Å². The third-order valence-corrected chi connectivity index (χ3v) is 3.70. The van der Waals surface area contributed by atoms with Crippen LogP contribution >= 0.6 is 0 Å². The van der Waals surface area contributed by atoms with E-state index >= 15 is 0 Å². The molecule has 1 aromatic heterocycles. The molecule has 0 aliphatic heterocycles. The van der Waals surface area contributed by atoms with E-state index in [9.17, 15) is 4.39 Å². The van der Waals surface area contributed by atoms with Crippen molar-refractivity contribution in [2.75, 3.05) is 13.7 Å². The average Bonchev–Trinajstić information content (AvgIpc) is 2.81. The van der Waals surface area contributed by atoms with Gasteiger partial charge in [-0.25, -0.2) is 4.39 Å². The predicted octanol–water partition coefficient (Wildman–Crippen LogP) is 2.97. The first-order valence-corrected chi connectivity index (χ1v) is 7.13. The summed E-state index contributed by atoms with van der Waals surface area (Å²) in [4.78, 5) is 0. The highest BCUT2D eigenvalue weighted by Gasteiger charge is 2.21. The summed E-state index contributed by atoms with van der Waals surface area (Å²) in [7, 11) is 3.42. The van der Waals surface area contributed by atoms with Gasteiger partial charge in [-0.15, -0.1) is 0 Å².